The van der Waals surface area contributed by atoms with Crippen LogP contribution in [0.2, 0.25) is 0 Å². The summed E-state index contributed by atoms with van der Waals surface area (Å²) in [6.07, 6.45) is 3.80. The van der Waals surface area contributed by atoms with Crippen molar-refractivity contribution in [3.8, 4) is 5.75 Å². The number of rotatable bonds is 4. The molecule has 1 aliphatic rings. The highest BCUT2D eigenvalue weighted by atomic mass is 16.5. The molecule has 3 rings (SSSR count). The van der Waals surface area contributed by atoms with Crippen LogP contribution in [0.4, 0.5) is 0 Å². The number of hydrogen-bond acceptors (Lipinski definition) is 3. The number of nitrogens with zero attached hydrogens (tertiary/aromatic N) is 2. The van der Waals surface area contributed by atoms with Crippen molar-refractivity contribution in [1.29, 1.82) is 0 Å². The molecule has 1 N–H and O–H groups in total. The average Bonchev–Trinajstić information content (AvgIpc) is 2.94. The Morgan fingerprint density at radius 2 is 2.26 bits per heavy atom. The average molecular weight is 257 g/mol. The van der Waals surface area contributed by atoms with Crippen LogP contribution in [0.15, 0.2) is 42.7 Å². The maximum absolute atomic E-state index is 5.76. The van der Waals surface area contributed by atoms with Gasteiger partial charge in [-0.3, -0.25) is 4.68 Å². The Labute approximate surface area is 113 Å². The Bertz CT molecular complexity index is 524. The molecule has 0 amide bonds. The molecule has 0 saturated carbocycles. The number of para-hydroxylation sites is 1. The van der Waals surface area contributed by atoms with E-state index >= 15 is 0 Å². The number of benzene rings is 1. The molecule has 1 aromatic carbocycles. The predicted octanol–water partition coefficient (Wildman–Crippen LogP) is 2.24. The first-order valence-electron chi connectivity index (χ1n) is 6.77. The van der Waals surface area contributed by atoms with E-state index in [1.165, 1.54) is 5.56 Å². The molecule has 4 nitrogen and oxygen atoms in total. The SMILES string of the molecule is CC1COc2ccccc2C1NCCn1cccn1. The number of nitrogens with one attached hydrogen (secondary N) is 1. The van der Waals surface area contributed by atoms with E-state index in [0.717, 1.165) is 25.4 Å². The lowest BCUT2D eigenvalue weighted by Crippen LogP contribution is -2.35. The van der Waals surface area contributed by atoms with Crippen LogP contribution >= 0.6 is 0 Å². The van der Waals surface area contributed by atoms with Crippen LogP contribution in [0.5, 0.6) is 5.75 Å². The van der Waals surface area contributed by atoms with Gasteiger partial charge in [0.25, 0.3) is 0 Å². The van der Waals surface area contributed by atoms with Gasteiger partial charge in [0, 0.05) is 36.5 Å². The molecule has 0 bridgehead atoms. The van der Waals surface area contributed by atoms with Crippen molar-refractivity contribution in [2.75, 3.05) is 13.2 Å². The standard InChI is InChI=1S/C15H19N3O/c1-12-11-19-14-6-3-2-5-13(14)15(12)16-8-10-18-9-4-7-17-18/h2-7,9,12,15-16H,8,10-11H2,1H3. The third-order valence-corrected chi connectivity index (χ3v) is 3.59. The van der Waals surface area contributed by atoms with Crippen molar-refractivity contribution in [3.05, 3.63) is 48.3 Å². The molecule has 4 heteroatoms. The van der Waals surface area contributed by atoms with Crippen molar-refractivity contribution in [2.24, 2.45) is 5.92 Å². The molecule has 2 unspecified atom stereocenters. The molecule has 2 aromatic rings. The number of fused-ring (bicyclic) bond motifs is 1. The molecule has 100 valence electrons. The highest BCUT2D eigenvalue weighted by Gasteiger charge is 2.26. The summed E-state index contributed by atoms with van der Waals surface area (Å²) in [6.45, 7) is 4.79. The maximum Gasteiger partial charge on any atom is 0.124 e. The van der Waals surface area contributed by atoms with Crippen LogP contribution in [0, 0.1) is 5.92 Å². The van der Waals surface area contributed by atoms with Crippen molar-refractivity contribution in [1.82, 2.24) is 15.1 Å². The van der Waals surface area contributed by atoms with Gasteiger partial charge in [-0.05, 0) is 12.1 Å². The second kappa shape index (κ2) is 5.45. The molecule has 2 atom stereocenters. The fraction of sp³-hybridized carbons (Fsp3) is 0.400. The molecule has 1 aromatic heterocycles. The number of ether oxygens (including phenoxy) is 1. The molecular formula is C15H19N3O. The molecule has 0 spiro atoms. The summed E-state index contributed by atoms with van der Waals surface area (Å²) in [5.74, 6) is 1.49. The molecule has 1 aliphatic heterocycles. The van der Waals surface area contributed by atoms with Crippen LogP contribution in [0.1, 0.15) is 18.5 Å². The fourth-order valence-electron chi connectivity index (χ4n) is 2.57. The Kier molecular flexibility index (Phi) is 3.51. The van der Waals surface area contributed by atoms with Gasteiger partial charge < -0.3 is 10.1 Å². The Balaban J connectivity index is 1.66. The maximum atomic E-state index is 5.76. The lowest BCUT2D eigenvalue weighted by atomic mass is 9.92. The third-order valence-electron chi connectivity index (χ3n) is 3.59. The van der Waals surface area contributed by atoms with Crippen LogP contribution in [0.3, 0.4) is 0 Å². The number of aromatic nitrogens is 2. The Hall–Kier alpha value is -1.81. The lowest BCUT2D eigenvalue weighted by molar-refractivity contribution is 0.187. The minimum Gasteiger partial charge on any atom is -0.493 e. The number of hydrogen-bond donors (Lipinski definition) is 1. The highest BCUT2D eigenvalue weighted by Crippen LogP contribution is 2.34. The molecular weight excluding hydrogens is 238 g/mol. The molecule has 0 radical (unpaired) electrons. The van der Waals surface area contributed by atoms with E-state index in [0.29, 0.717) is 12.0 Å². The monoisotopic (exact) mass is 257 g/mol. The fourth-order valence-corrected chi connectivity index (χ4v) is 2.57. The van der Waals surface area contributed by atoms with E-state index in [9.17, 15) is 0 Å². The largest absolute Gasteiger partial charge is 0.493 e. The summed E-state index contributed by atoms with van der Waals surface area (Å²) < 4.78 is 7.71. The van der Waals surface area contributed by atoms with Gasteiger partial charge >= 0.3 is 0 Å². The Morgan fingerprint density at radius 3 is 3.11 bits per heavy atom. The van der Waals surface area contributed by atoms with Gasteiger partial charge in [-0.15, -0.1) is 0 Å². The van der Waals surface area contributed by atoms with Gasteiger partial charge in [0.1, 0.15) is 5.75 Å². The van der Waals surface area contributed by atoms with Gasteiger partial charge in [0.15, 0.2) is 0 Å². The molecule has 0 fully saturated rings. The van der Waals surface area contributed by atoms with Crippen LogP contribution < -0.4 is 10.1 Å². The van der Waals surface area contributed by atoms with Gasteiger partial charge in [-0.2, -0.15) is 5.10 Å². The van der Waals surface area contributed by atoms with Gasteiger partial charge in [-0.25, -0.2) is 0 Å². The molecule has 0 saturated heterocycles. The summed E-state index contributed by atoms with van der Waals surface area (Å²) >= 11 is 0. The summed E-state index contributed by atoms with van der Waals surface area (Å²) in [7, 11) is 0. The van der Waals surface area contributed by atoms with E-state index < -0.39 is 0 Å². The second-order valence-corrected chi connectivity index (χ2v) is 5.03. The van der Waals surface area contributed by atoms with E-state index in [1.54, 1.807) is 0 Å². The zero-order valence-corrected chi connectivity index (χ0v) is 11.1. The summed E-state index contributed by atoms with van der Waals surface area (Å²) in [5, 5.41) is 7.84. The van der Waals surface area contributed by atoms with Crippen molar-refractivity contribution in [2.45, 2.75) is 19.5 Å². The van der Waals surface area contributed by atoms with Crippen LogP contribution in [-0.2, 0) is 6.54 Å². The minimum atomic E-state index is 0.362. The second-order valence-electron chi connectivity index (χ2n) is 5.03. The quantitative estimate of drug-likeness (QED) is 0.913. The summed E-state index contributed by atoms with van der Waals surface area (Å²) in [6, 6.07) is 10.6. The lowest BCUT2D eigenvalue weighted by Gasteiger charge is -2.32. The van der Waals surface area contributed by atoms with Crippen molar-refractivity contribution >= 4 is 0 Å². The Morgan fingerprint density at radius 1 is 1.37 bits per heavy atom. The first-order valence-corrected chi connectivity index (χ1v) is 6.77. The van der Waals surface area contributed by atoms with Gasteiger partial charge in [-0.1, -0.05) is 25.1 Å². The van der Waals surface area contributed by atoms with E-state index in [2.05, 4.69) is 29.5 Å². The summed E-state index contributed by atoms with van der Waals surface area (Å²) in [5.41, 5.74) is 1.27. The highest BCUT2D eigenvalue weighted by molar-refractivity contribution is 5.37. The third kappa shape index (κ3) is 2.63. The van der Waals surface area contributed by atoms with Gasteiger partial charge in [0.05, 0.1) is 13.2 Å². The normalized spacial score (nSPS) is 21.7. The molecule has 0 aliphatic carbocycles. The van der Waals surface area contributed by atoms with Gasteiger partial charge in [0.2, 0.25) is 0 Å². The van der Waals surface area contributed by atoms with E-state index in [-0.39, 0.29) is 0 Å². The van der Waals surface area contributed by atoms with Crippen molar-refractivity contribution < 1.29 is 4.74 Å². The smallest absolute Gasteiger partial charge is 0.124 e. The minimum absolute atomic E-state index is 0.362. The first-order chi connectivity index (χ1) is 9.34. The molecule has 19 heavy (non-hydrogen) atoms. The zero-order chi connectivity index (χ0) is 13.1. The predicted molar refractivity (Wildman–Crippen MR) is 74.1 cm³/mol. The van der Waals surface area contributed by atoms with E-state index in [4.69, 9.17) is 4.74 Å². The first kappa shape index (κ1) is 12.2. The van der Waals surface area contributed by atoms with Crippen LogP contribution in [0.25, 0.3) is 0 Å². The topological polar surface area (TPSA) is 39.1 Å². The molecule has 2 heterocycles. The summed E-state index contributed by atoms with van der Waals surface area (Å²) in [4.78, 5) is 0. The van der Waals surface area contributed by atoms with Crippen molar-refractivity contribution in [3.63, 3.8) is 0 Å². The zero-order valence-electron chi connectivity index (χ0n) is 11.1. The van der Waals surface area contributed by atoms with E-state index in [1.807, 2.05) is 35.3 Å². The van der Waals surface area contributed by atoms with Crippen LogP contribution in [-0.4, -0.2) is 22.9 Å².